The van der Waals surface area contributed by atoms with Crippen molar-refractivity contribution in [2.45, 2.75) is 20.8 Å². The van der Waals surface area contributed by atoms with E-state index in [9.17, 15) is 14.4 Å². The molecule has 8 N–H and O–H groups in total. The van der Waals surface area contributed by atoms with Crippen molar-refractivity contribution in [2.75, 3.05) is 0 Å². The Balaban J connectivity index is -0.000000120. The fraction of sp³-hybridized carbons (Fsp3) is 0.500. The van der Waals surface area contributed by atoms with Crippen LogP contribution in [0.15, 0.2) is 0 Å². The van der Waals surface area contributed by atoms with E-state index in [1.54, 1.807) is 0 Å². The molecule has 0 atom stereocenters. The third kappa shape index (κ3) is 21.0. The largest absolute Gasteiger partial charge is 0.412 e. The first-order valence-electron chi connectivity index (χ1n) is 3.43. The van der Waals surface area contributed by atoms with Gasteiger partial charge in [-0.05, 0) is 0 Å². The van der Waals surface area contributed by atoms with Gasteiger partial charge in [0.05, 0.1) is 0 Å². The fourth-order valence-electron chi connectivity index (χ4n) is 0.479. The Morgan fingerprint density at radius 2 is 0.824 bits per heavy atom. The molecule has 0 unspecified atom stereocenters. The van der Waals surface area contributed by atoms with Crippen LogP contribution in [-0.4, -0.2) is 62.6 Å². The van der Waals surface area contributed by atoms with Crippen molar-refractivity contribution >= 4 is 40.7 Å². The molecule has 0 saturated carbocycles. The molecule has 0 aliphatic heterocycles. The summed E-state index contributed by atoms with van der Waals surface area (Å²) in [5.74, 6) is -1.87. The summed E-state index contributed by atoms with van der Waals surface area (Å²) in [7, 11) is 0. The zero-order chi connectivity index (χ0) is 10.4. The molecule has 0 aliphatic carbocycles. The van der Waals surface area contributed by atoms with Crippen LogP contribution in [0.25, 0.3) is 0 Å². The van der Waals surface area contributed by atoms with Gasteiger partial charge in [0.2, 0.25) is 0 Å². The van der Waals surface area contributed by atoms with Gasteiger partial charge in [-0.25, -0.2) is 0 Å². The second-order valence-electron chi connectivity index (χ2n) is 2.12. The number of carbonyl (C=O) groups excluding carboxylic acids is 3. The van der Waals surface area contributed by atoms with Gasteiger partial charge in [0, 0.05) is 0 Å². The summed E-state index contributed by atoms with van der Waals surface area (Å²) in [6, 6.07) is 0. The van der Waals surface area contributed by atoms with Crippen molar-refractivity contribution < 1.29 is 44.9 Å². The van der Waals surface area contributed by atoms with E-state index >= 15 is 0 Å². The van der Waals surface area contributed by atoms with E-state index in [1.165, 1.54) is 0 Å². The Hall–Kier alpha value is -0.880. The molecule has 0 amide bonds. The van der Waals surface area contributed by atoms with E-state index in [0.717, 1.165) is 20.8 Å². The van der Waals surface area contributed by atoms with Crippen molar-refractivity contribution in [3.05, 3.63) is 0 Å². The maximum Gasteiger partial charge on any atom is -0.412 e. The van der Waals surface area contributed by atoms with Gasteiger partial charge < -0.3 is 21.9 Å². The van der Waals surface area contributed by atoms with Gasteiger partial charge in [-0.1, -0.05) is 0 Å². The molecular weight excluding hydrogens is 347 g/mol. The molecule has 0 fully saturated rings. The van der Waals surface area contributed by atoms with Crippen molar-refractivity contribution in [3.63, 3.8) is 0 Å². The van der Waals surface area contributed by atoms with Crippen LogP contribution in [0, 0.1) is 0 Å². The van der Waals surface area contributed by atoms with E-state index in [-0.39, 0.29) is 21.9 Å². The number of hydrogen-bond donors (Lipinski definition) is 0. The van der Waals surface area contributed by atoms with Gasteiger partial charge in [0.15, 0.2) is 0 Å². The molecule has 0 radical (unpaired) electrons. The second kappa shape index (κ2) is 15.1. The predicted octanol–water partition coefficient (Wildman–Crippen LogP) is -3.64. The van der Waals surface area contributed by atoms with Gasteiger partial charge in [-0.3, -0.25) is 0 Å². The minimum absolute atomic E-state index is 0. The summed E-state index contributed by atoms with van der Waals surface area (Å²) in [4.78, 5) is 31.4. The quantitative estimate of drug-likeness (QED) is 0.493. The van der Waals surface area contributed by atoms with Gasteiger partial charge in [0.25, 0.3) is 0 Å². The molecule has 0 bridgehead atoms. The normalized spacial score (nSPS) is 6.53. The average molecular weight is 364 g/mol. The Kier molecular flexibility index (Phi) is 26.5. The first kappa shape index (κ1) is 29.8. The molecule has 10 nitrogen and oxygen atoms in total. The third-order valence-corrected chi connectivity index (χ3v) is 5.28. The number of hydrogen-bond acceptors (Lipinski definition) is 6. The van der Waals surface area contributed by atoms with E-state index in [4.69, 9.17) is 0 Å². The minimum atomic E-state index is -3.66. The van der Waals surface area contributed by atoms with Crippen LogP contribution < -0.4 is 0 Å². The number of rotatable bonds is 3. The van der Waals surface area contributed by atoms with Crippen molar-refractivity contribution in [1.82, 2.24) is 0 Å². The molecule has 11 heteroatoms. The molecule has 0 heterocycles. The molecule has 0 aromatic carbocycles. The smallest absolute Gasteiger partial charge is 0.412 e. The van der Waals surface area contributed by atoms with Gasteiger partial charge in [0.1, 0.15) is 0 Å². The van der Waals surface area contributed by atoms with Crippen molar-refractivity contribution in [2.24, 2.45) is 0 Å². The van der Waals surface area contributed by atoms with Crippen molar-refractivity contribution in [3.8, 4) is 0 Å². The van der Waals surface area contributed by atoms with E-state index in [2.05, 4.69) is 8.56 Å². The van der Waals surface area contributed by atoms with E-state index < -0.39 is 40.7 Å². The topological polar surface area (TPSA) is 205 Å². The van der Waals surface area contributed by atoms with Crippen LogP contribution in [0.3, 0.4) is 0 Å². The predicted molar refractivity (Wildman–Crippen MR) is 55.5 cm³/mol. The first-order valence-corrected chi connectivity index (χ1v) is 7.47. The summed E-state index contributed by atoms with van der Waals surface area (Å²) in [6.45, 7) is 3.45. The Morgan fingerprint density at radius 3 is 0.941 bits per heavy atom. The number of carbonyl (C=O) groups is 3. The van der Waals surface area contributed by atoms with Crippen molar-refractivity contribution in [1.29, 1.82) is 0 Å². The molecule has 0 spiro atoms. The zero-order valence-electron chi connectivity index (χ0n) is 9.53. The van der Waals surface area contributed by atoms with Gasteiger partial charge >= 0.3 is 84.4 Å². The minimum Gasteiger partial charge on any atom is -0.412 e. The summed E-state index contributed by atoms with van der Waals surface area (Å²) in [6.07, 6.45) is 0. The monoisotopic (exact) mass is 364 g/mol. The first-order chi connectivity index (χ1) is 5.91. The molecule has 0 rings (SSSR count). The molecule has 0 aromatic heterocycles. The Bertz CT molecular complexity index is 191. The maximum atomic E-state index is 10.5. The second-order valence-corrected chi connectivity index (χ2v) is 5.78. The Morgan fingerprint density at radius 1 is 0.647 bits per heavy atom. The third-order valence-electron chi connectivity index (χ3n) is 0.787. The van der Waals surface area contributed by atoms with Crippen LogP contribution >= 0.6 is 0 Å². The van der Waals surface area contributed by atoms with Crippen LogP contribution in [0.5, 0.6) is 0 Å². The zero-order valence-corrected chi connectivity index (χ0v) is 12.8. The molecule has 0 saturated heterocycles. The summed E-state index contributed by atoms with van der Waals surface area (Å²) in [5.41, 5.74) is 0. The molecule has 17 heavy (non-hydrogen) atoms. The van der Waals surface area contributed by atoms with Gasteiger partial charge in [-0.2, -0.15) is 0 Å². The SMILES string of the molecule is CC(=O)[O][In]([O]C(C)=O)[O]C(C)=O.O.O.O.O. The van der Waals surface area contributed by atoms with E-state index in [1.807, 2.05) is 0 Å². The maximum absolute atomic E-state index is 10.5. The summed E-state index contributed by atoms with van der Waals surface area (Å²) in [5, 5.41) is 0. The summed E-state index contributed by atoms with van der Waals surface area (Å²) < 4.78 is 13.7. The van der Waals surface area contributed by atoms with Gasteiger partial charge in [-0.15, -0.1) is 0 Å². The average Bonchev–Trinajstić information content (AvgIpc) is 1.80. The van der Waals surface area contributed by atoms with Crippen LogP contribution in [-0.2, 0) is 22.9 Å². The van der Waals surface area contributed by atoms with Crippen LogP contribution in [0.1, 0.15) is 20.8 Å². The fourth-order valence-corrected chi connectivity index (χ4v) is 3.21. The molecule has 0 aliphatic rings. The molecule has 104 valence electrons. The summed E-state index contributed by atoms with van der Waals surface area (Å²) >= 11 is -3.66. The molecule has 0 aromatic rings. The van der Waals surface area contributed by atoms with Crippen LogP contribution in [0.2, 0.25) is 0 Å². The van der Waals surface area contributed by atoms with Crippen LogP contribution in [0.4, 0.5) is 0 Å². The standard InChI is InChI=1S/3C2H4O2.In.4H2O/c3*1-2(3)4;;;;;/h3*1H3,(H,3,4);;4*1H2/q;;;+3;;;;/p-3. The molecular formula is C6H17InO10. The van der Waals surface area contributed by atoms with E-state index in [0.29, 0.717) is 0 Å². The Labute approximate surface area is 106 Å².